The second-order valence-corrected chi connectivity index (χ2v) is 13.4. The molecule has 0 spiro atoms. The molecule has 0 bridgehead atoms. The number of likely N-dealkylation sites (tertiary alicyclic amines) is 1. The van der Waals surface area contributed by atoms with Crippen LogP contribution in [0.5, 0.6) is 5.75 Å². The quantitative estimate of drug-likeness (QED) is 0.263. The lowest BCUT2D eigenvalue weighted by atomic mass is 9.84. The van der Waals surface area contributed by atoms with Gasteiger partial charge in [-0.15, -0.1) is 0 Å². The molecule has 0 N–H and O–H groups in total. The smallest absolute Gasteiger partial charge is 0.256 e. The van der Waals surface area contributed by atoms with Crippen LogP contribution in [-0.4, -0.2) is 84.0 Å². The molecule has 242 valence electrons. The van der Waals surface area contributed by atoms with E-state index in [1.807, 2.05) is 13.8 Å². The number of aromatic nitrogens is 3. The molecule has 1 unspecified atom stereocenters. The molecule has 4 heterocycles. The van der Waals surface area contributed by atoms with E-state index in [1.54, 1.807) is 11.0 Å². The average Bonchev–Trinajstić information content (AvgIpc) is 3.56. The number of benzene rings is 1. The highest BCUT2D eigenvalue weighted by atomic mass is 19.1. The van der Waals surface area contributed by atoms with Crippen LogP contribution in [0.3, 0.4) is 0 Å². The summed E-state index contributed by atoms with van der Waals surface area (Å²) in [6.45, 7) is 8.14. The number of likely N-dealkylation sites (N-methyl/N-ethyl adjacent to an activating group) is 1. The summed E-state index contributed by atoms with van der Waals surface area (Å²) in [6, 6.07) is 7.00. The van der Waals surface area contributed by atoms with Crippen molar-refractivity contribution in [2.75, 3.05) is 51.7 Å². The van der Waals surface area contributed by atoms with Gasteiger partial charge in [-0.3, -0.25) is 4.98 Å². The first-order chi connectivity index (χ1) is 21.7. The summed E-state index contributed by atoms with van der Waals surface area (Å²) in [7, 11) is 4.25. The van der Waals surface area contributed by atoms with Crippen molar-refractivity contribution >= 4 is 5.69 Å². The van der Waals surface area contributed by atoms with Gasteiger partial charge in [0, 0.05) is 42.0 Å². The first-order valence-corrected chi connectivity index (χ1v) is 16.5. The lowest BCUT2D eigenvalue weighted by Crippen LogP contribution is -2.42. The molecule has 0 amide bonds. The number of alkyl halides is 1. The molecule has 45 heavy (non-hydrogen) atoms. The zero-order valence-electron chi connectivity index (χ0n) is 26.9. The summed E-state index contributed by atoms with van der Waals surface area (Å²) in [6.07, 6.45) is 6.89. The van der Waals surface area contributed by atoms with Crippen molar-refractivity contribution in [2.24, 2.45) is 0 Å². The van der Waals surface area contributed by atoms with Crippen molar-refractivity contribution in [3.05, 3.63) is 64.9 Å². The van der Waals surface area contributed by atoms with Crippen LogP contribution in [0.4, 0.5) is 18.9 Å². The maximum atomic E-state index is 15.2. The zero-order chi connectivity index (χ0) is 31.7. The molecular formula is C35H45F3N6O. The average molecular weight is 623 g/mol. The summed E-state index contributed by atoms with van der Waals surface area (Å²) in [5, 5.41) is 0. The number of anilines is 1. The molecule has 1 saturated carbocycles. The fourth-order valence-electron chi connectivity index (χ4n) is 7.11. The van der Waals surface area contributed by atoms with Crippen LogP contribution < -0.4 is 9.64 Å². The third kappa shape index (κ3) is 7.12. The molecule has 6 rings (SSSR count). The Balaban J connectivity index is 1.25. The Bertz CT molecular complexity index is 1490. The number of nitrogens with zero attached hydrogens (tertiary/aromatic N) is 6. The minimum atomic E-state index is -1.64. The van der Waals surface area contributed by atoms with Gasteiger partial charge >= 0.3 is 0 Å². The monoisotopic (exact) mass is 622 g/mol. The predicted molar refractivity (Wildman–Crippen MR) is 171 cm³/mol. The van der Waals surface area contributed by atoms with Crippen LogP contribution in [0.25, 0.3) is 11.3 Å². The first-order valence-electron chi connectivity index (χ1n) is 16.5. The summed E-state index contributed by atoms with van der Waals surface area (Å²) >= 11 is 0. The van der Waals surface area contributed by atoms with Crippen LogP contribution in [0.15, 0.2) is 30.5 Å². The summed E-state index contributed by atoms with van der Waals surface area (Å²) in [4.78, 5) is 20.6. The van der Waals surface area contributed by atoms with E-state index in [9.17, 15) is 4.39 Å². The third-order valence-corrected chi connectivity index (χ3v) is 9.60. The van der Waals surface area contributed by atoms with Gasteiger partial charge in [-0.25, -0.2) is 18.7 Å². The second-order valence-electron chi connectivity index (χ2n) is 13.4. The number of piperidine rings is 1. The molecule has 2 aromatic heterocycles. The summed E-state index contributed by atoms with van der Waals surface area (Å²) in [5.41, 5.74) is 4.10. The van der Waals surface area contributed by atoms with E-state index in [0.717, 1.165) is 69.8 Å². The van der Waals surface area contributed by atoms with Crippen molar-refractivity contribution in [2.45, 2.75) is 83.0 Å². The highest BCUT2D eigenvalue weighted by Crippen LogP contribution is 2.42. The molecule has 2 aliphatic heterocycles. The van der Waals surface area contributed by atoms with Crippen molar-refractivity contribution in [3.8, 4) is 17.0 Å². The zero-order valence-corrected chi connectivity index (χ0v) is 26.9. The van der Waals surface area contributed by atoms with Crippen molar-refractivity contribution in [1.29, 1.82) is 0 Å². The molecule has 0 radical (unpaired) electrons. The molecule has 1 saturated heterocycles. The Hall–Kier alpha value is -3.24. The van der Waals surface area contributed by atoms with Gasteiger partial charge in [0.2, 0.25) is 0 Å². The number of rotatable bonds is 9. The molecule has 3 aromatic rings. The van der Waals surface area contributed by atoms with E-state index in [2.05, 4.69) is 46.0 Å². The Kier molecular flexibility index (Phi) is 9.61. The molecule has 10 heteroatoms. The van der Waals surface area contributed by atoms with E-state index in [4.69, 9.17) is 9.72 Å². The van der Waals surface area contributed by atoms with Crippen LogP contribution in [0.2, 0.25) is 0 Å². The van der Waals surface area contributed by atoms with Crippen LogP contribution in [0.1, 0.15) is 87.0 Å². The van der Waals surface area contributed by atoms with Crippen molar-refractivity contribution < 1.29 is 17.9 Å². The molecule has 1 atom stereocenters. The number of ether oxygens (including phenoxy) is 1. The molecule has 1 aromatic carbocycles. The van der Waals surface area contributed by atoms with Crippen LogP contribution >= 0.6 is 0 Å². The minimum absolute atomic E-state index is 0.00133. The maximum absolute atomic E-state index is 15.2. The summed E-state index contributed by atoms with van der Waals surface area (Å²) < 4.78 is 49.7. The van der Waals surface area contributed by atoms with Gasteiger partial charge in [0.15, 0.2) is 17.4 Å². The van der Waals surface area contributed by atoms with E-state index in [-0.39, 0.29) is 29.6 Å². The Morgan fingerprint density at radius 2 is 1.73 bits per heavy atom. The Labute approximate surface area is 264 Å². The Morgan fingerprint density at radius 3 is 2.44 bits per heavy atom. The van der Waals surface area contributed by atoms with Crippen LogP contribution in [0, 0.1) is 11.6 Å². The number of halogens is 3. The van der Waals surface area contributed by atoms with Gasteiger partial charge < -0.3 is 19.4 Å². The van der Waals surface area contributed by atoms with E-state index in [1.165, 1.54) is 24.1 Å². The van der Waals surface area contributed by atoms with Gasteiger partial charge in [-0.05, 0) is 96.4 Å². The predicted octanol–water partition coefficient (Wildman–Crippen LogP) is 6.71. The van der Waals surface area contributed by atoms with Crippen LogP contribution in [-0.2, 0) is 6.42 Å². The second kappa shape index (κ2) is 13.6. The molecule has 2 fully saturated rings. The van der Waals surface area contributed by atoms with Crippen molar-refractivity contribution in [3.63, 3.8) is 0 Å². The third-order valence-electron chi connectivity index (χ3n) is 9.60. The fraction of sp³-hybridized carbons (Fsp3) is 0.571. The number of hydrogen-bond acceptors (Lipinski definition) is 7. The van der Waals surface area contributed by atoms with E-state index >= 15 is 8.78 Å². The van der Waals surface area contributed by atoms with Gasteiger partial charge in [-0.1, -0.05) is 18.9 Å². The first kappa shape index (κ1) is 31.7. The number of pyridine rings is 1. The van der Waals surface area contributed by atoms with Gasteiger partial charge in [0.1, 0.15) is 11.5 Å². The van der Waals surface area contributed by atoms with E-state index in [0.29, 0.717) is 29.8 Å². The van der Waals surface area contributed by atoms with E-state index < -0.39 is 18.0 Å². The molecule has 3 aliphatic rings. The fourth-order valence-corrected chi connectivity index (χ4v) is 7.11. The minimum Gasteiger partial charge on any atom is -0.453 e. The normalized spacial score (nSPS) is 19.8. The van der Waals surface area contributed by atoms with Gasteiger partial charge in [0.05, 0.1) is 24.8 Å². The molecule has 7 nitrogen and oxygen atoms in total. The topological polar surface area (TPSA) is 57.6 Å². The van der Waals surface area contributed by atoms with Gasteiger partial charge in [-0.2, -0.15) is 4.39 Å². The SMILES string of the molecule is CC(C)N1CC(F)Oc2c(F)cc(-c3nc(Cc4ccc(C5CCN(CCN(C)C)CC5)c(C5CCCC5)n4)ncc3F)cc21. The number of hydrogen-bond donors (Lipinski definition) is 0. The van der Waals surface area contributed by atoms with Gasteiger partial charge in [0.25, 0.3) is 6.36 Å². The number of fused-ring (bicyclic) bond motifs is 1. The Morgan fingerprint density at radius 1 is 0.978 bits per heavy atom. The lowest BCUT2D eigenvalue weighted by Gasteiger charge is -2.36. The molecular weight excluding hydrogens is 577 g/mol. The van der Waals surface area contributed by atoms with Crippen molar-refractivity contribution in [1.82, 2.24) is 24.8 Å². The largest absolute Gasteiger partial charge is 0.453 e. The summed E-state index contributed by atoms with van der Waals surface area (Å²) in [5.74, 6) is -0.184. The lowest BCUT2D eigenvalue weighted by molar-refractivity contribution is 0.0591. The highest BCUT2D eigenvalue weighted by Gasteiger charge is 2.31. The maximum Gasteiger partial charge on any atom is 0.256 e. The standard InChI is InChI=1S/C35H45F3N6O/c1-22(2)44-21-31(38)45-35-28(36)17-25(18-30(35)44)34-29(37)20-39-32(41-34)19-26-9-10-27(33(40-26)24-7-5-6-8-24)23-11-13-43(14-12-23)16-15-42(3)4/h9-10,17-18,20,22-24,31H,5-8,11-16,19,21H2,1-4H3. The molecule has 1 aliphatic carbocycles. The highest BCUT2D eigenvalue weighted by molar-refractivity contribution is 5.72.